The first-order valence-corrected chi connectivity index (χ1v) is 11.8. The van der Waals surface area contributed by atoms with E-state index in [9.17, 15) is 22.2 Å². The molecule has 1 spiro atoms. The van der Waals surface area contributed by atoms with E-state index in [0.717, 1.165) is 5.56 Å². The third-order valence-corrected chi connectivity index (χ3v) is 8.01. The Bertz CT molecular complexity index is 787. The van der Waals surface area contributed by atoms with Gasteiger partial charge < -0.3 is 9.64 Å². The van der Waals surface area contributed by atoms with E-state index < -0.39 is 45.4 Å². The average Bonchev–Trinajstić information content (AvgIpc) is 3.05. The predicted molar refractivity (Wildman–Crippen MR) is 113 cm³/mol. The first kappa shape index (κ1) is 24.0. The van der Waals surface area contributed by atoms with Gasteiger partial charge in [-0.1, -0.05) is 30.3 Å². The molecule has 1 N–H and O–H groups in total. The molecule has 1 heterocycles. The summed E-state index contributed by atoms with van der Waals surface area (Å²) in [6.45, 7) is 6.21. The number of nitrogens with zero attached hydrogens (tertiary/aromatic N) is 1. The molecule has 3 atom stereocenters. The topological polar surface area (TPSA) is 58.6 Å². The molecule has 9 heteroatoms. The number of carbonyl (C=O) groups excluding carboxylic acids is 1. The van der Waals surface area contributed by atoms with Crippen molar-refractivity contribution < 1.29 is 26.9 Å². The second-order valence-electron chi connectivity index (χ2n) is 9.62. The van der Waals surface area contributed by atoms with Crippen molar-refractivity contribution in [1.29, 1.82) is 0 Å². The van der Waals surface area contributed by atoms with Crippen molar-refractivity contribution in [1.82, 2.24) is 9.62 Å². The lowest BCUT2D eigenvalue weighted by Gasteiger charge is -2.43. The van der Waals surface area contributed by atoms with E-state index in [2.05, 4.69) is 4.72 Å². The minimum absolute atomic E-state index is 0.00239. The number of likely N-dealkylation sites (tertiary alicyclic amines) is 1. The number of ether oxygens (including phenoxy) is 1. The standard InChI is InChI=1S/C22H31F3N2O3S/c1-20(2,3)31(29)26-18-13-17(22(23,24)25)14-21(18)9-11-27(12-10-21)19(28)30-15-16-7-5-4-6-8-16/h4-8,17-18,26H,9-15H2,1-3H3/t17-,18+,31+/m0/s1. The van der Waals surface area contributed by atoms with Gasteiger partial charge in [-0.25, -0.2) is 13.7 Å². The molecule has 1 aromatic carbocycles. The molecule has 31 heavy (non-hydrogen) atoms. The molecule has 1 saturated heterocycles. The van der Waals surface area contributed by atoms with Gasteiger partial charge in [0.1, 0.15) is 6.61 Å². The summed E-state index contributed by atoms with van der Waals surface area (Å²) in [5.74, 6) is -1.42. The Labute approximate surface area is 184 Å². The van der Waals surface area contributed by atoms with Gasteiger partial charge in [0.05, 0.1) is 21.7 Å². The van der Waals surface area contributed by atoms with E-state index in [1.807, 2.05) is 30.3 Å². The van der Waals surface area contributed by atoms with Gasteiger partial charge in [0.15, 0.2) is 0 Å². The van der Waals surface area contributed by atoms with Crippen LogP contribution in [0.3, 0.4) is 0 Å². The summed E-state index contributed by atoms with van der Waals surface area (Å²) in [6, 6.07) is 8.82. The number of halogens is 3. The summed E-state index contributed by atoms with van der Waals surface area (Å²) >= 11 is 0. The second-order valence-corrected chi connectivity index (χ2v) is 11.6. The molecule has 1 aromatic rings. The van der Waals surface area contributed by atoms with Crippen molar-refractivity contribution in [3.63, 3.8) is 0 Å². The highest BCUT2D eigenvalue weighted by Gasteiger charge is 2.56. The lowest BCUT2D eigenvalue weighted by Crippen LogP contribution is -2.52. The van der Waals surface area contributed by atoms with Gasteiger partial charge in [-0.2, -0.15) is 13.2 Å². The average molecular weight is 461 g/mol. The molecule has 0 unspecified atom stereocenters. The molecule has 3 rings (SSSR count). The Kier molecular flexibility index (Phi) is 7.05. The number of rotatable bonds is 4. The zero-order valence-corrected chi connectivity index (χ0v) is 19.0. The minimum atomic E-state index is -4.28. The molecule has 1 saturated carbocycles. The van der Waals surface area contributed by atoms with Crippen molar-refractivity contribution in [3.8, 4) is 0 Å². The predicted octanol–water partition coefficient (Wildman–Crippen LogP) is 4.80. The van der Waals surface area contributed by atoms with Crippen LogP contribution in [0.2, 0.25) is 0 Å². The lowest BCUT2D eigenvalue weighted by molar-refractivity contribution is -0.175. The smallest absolute Gasteiger partial charge is 0.410 e. The highest BCUT2D eigenvalue weighted by molar-refractivity contribution is 7.84. The van der Waals surface area contributed by atoms with Gasteiger partial charge in [-0.3, -0.25) is 0 Å². The summed E-state index contributed by atoms with van der Waals surface area (Å²) in [7, 11) is -1.46. The van der Waals surface area contributed by atoms with E-state index >= 15 is 0 Å². The van der Waals surface area contributed by atoms with E-state index in [-0.39, 0.29) is 19.4 Å². The molecular weight excluding hydrogens is 429 g/mol. The molecule has 1 amide bonds. The zero-order chi connectivity index (χ0) is 22.9. The first-order valence-electron chi connectivity index (χ1n) is 10.6. The highest BCUT2D eigenvalue weighted by Crippen LogP contribution is 2.53. The van der Waals surface area contributed by atoms with Crippen LogP contribution in [0.5, 0.6) is 0 Å². The number of hydrogen-bond donors (Lipinski definition) is 1. The highest BCUT2D eigenvalue weighted by atomic mass is 32.2. The molecule has 2 aliphatic rings. The van der Waals surface area contributed by atoms with Crippen LogP contribution < -0.4 is 4.72 Å². The van der Waals surface area contributed by atoms with Crippen molar-refractivity contribution in [3.05, 3.63) is 35.9 Å². The lowest BCUT2D eigenvalue weighted by atomic mass is 9.74. The second kappa shape index (κ2) is 9.10. The van der Waals surface area contributed by atoms with Crippen LogP contribution in [0, 0.1) is 11.3 Å². The maximum absolute atomic E-state index is 13.5. The van der Waals surface area contributed by atoms with Crippen LogP contribution in [-0.4, -0.2) is 45.3 Å². The third kappa shape index (κ3) is 5.80. The molecule has 1 aliphatic heterocycles. The monoisotopic (exact) mass is 460 g/mol. The van der Waals surface area contributed by atoms with Gasteiger partial charge in [0, 0.05) is 19.1 Å². The van der Waals surface area contributed by atoms with Crippen molar-refractivity contribution in [2.75, 3.05) is 13.1 Å². The molecular formula is C22H31F3N2O3S. The molecule has 2 fully saturated rings. The Hall–Kier alpha value is -1.61. The molecule has 1 aliphatic carbocycles. The summed E-state index contributed by atoms with van der Waals surface area (Å²) in [4.78, 5) is 14.0. The fourth-order valence-corrected chi connectivity index (χ4v) is 5.44. The minimum Gasteiger partial charge on any atom is -0.445 e. The Balaban J connectivity index is 1.64. The van der Waals surface area contributed by atoms with Crippen LogP contribution in [0.15, 0.2) is 30.3 Å². The maximum atomic E-state index is 13.5. The number of piperidine rings is 1. The van der Waals surface area contributed by atoms with Crippen LogP contribution >= 0.6 is 0 Å². The van der Waals surface area contributed by atoms with E-state index in [1.54, 1.807) is 25.7 Å². The van der Waals surface area contributed by atoms with Gasteiger partial charge >= 0.3 is 12.3 Å². The van der Waals surface area contributed by atoms with Gasteiger partial charge in [0.25, 0.3) is 0 Å². The third-order valence-electron chi connectivity index (χ3n) is 6.40. The number of hydrogen-bond acceptors (Lipinski definition) is 3. The zero-order valence-electron chi connectivity index (χ0n) is 18.2. The molecule has 174 valence electrons. The van der Waals surface area contributed by atoms with Crippen LogP contribution in [0.4, 0.5) is 18.0 Å². The molecule has 0 bridgehead atoms. The fraction of sp³-hybridized carbons (Fsp3) is 0.682. The largest absolute Gasteiger partial charge is 0.445 e. The number of nitrogens with one attached hydrogen (secondary N) is 1. The molecule has 5 nitrogen and oxygen atoms in total. The van der Waals surface area contributed by atoms with Crippen LogP contribution in [0.1, 0.15) is 52.0 Å². The molecule has 0 radical (unpaired) electrons. The van der Waals surface area contributed by atoms with Gasteiger partial charge in [-0.15, -0.1) is 0 Å². The molecule has 0 aromatic heterocycles. The first-order chi connectivity index (χ1) is 14.4. The van der Waals surface area contributed by atoms with Crippen LogP contribution in [-0.2, 0) is 22.3 Å². The van der Waals surface area contributed by atoms with Crippen molar-refractivity contribution >= 4 is 17.1 Å². The van der Waals surface area contributed by atoms with Gasteiger partial charge in [-0.05, 0) is 57.4 Å². The van der Waals surface area contributed by atoms with E-state index in [0.29, 0.717) is 25.9 Å². The Morgan fingerprint density at radius 2 is 1.81 bits per heavy atom. The number of carbonyl (C=O) groups is 1. The summed E-state index contributed by atoms with van der Waals surface area (Å²) < 4.78 is 61.0. The summed E-state index contributed by atoms with van der Waals surface area (Å²) in [5, 5.41) is 0. The van der Waals surface area contributed by atoms with Crippen molar-refractivity contribution in [2.45, 2.75) is 70.0 Å². The van der Waals surface area contributed by atoms with E-state index in [4.69, 9.17) is 4.74 Å². The SMILES string of the molecule is CC(C)(C)[S@@](=O)N[C@@H]1C[C@H](C(F)(F)F)CC12CCN(C(=O)OCc1ccccc1)CC2. The normalized spacial score (nSPS) is 24.9. The van der Waals surface area contributed by atoms with Crippen molar-refractivity contribution in [2.24, 2.45) is 11.3 Å². The number of benzene rings is 1. The Morgan fingerprint density at radius 3 is 2.35 bits per heavy atom. The van der Waals surface area contributed by atoms with Crippen LogP contribution in [0.25, 0.3) is 0 Å². The number of alkyl halides is 3. The quantitative estimate of drug-likeness (QED) is 0.702. The Morgan fingerprint density at radius 1 is 1.19 bits per heavy atom. The van der Waals surface area contributed by atoms with E-state index in [1.165, 1.54) is 0 Å². The number of amides is 1. The maximum Gasteiger partial charge on any atom is 0.410 e. The van der Waals surface area contributed by atoms with Gasteiger partial charge in [0.2, 0.25) is 0 Å². The summed E-state index contributed by atoms with van der Waals surface area (Å²) in [5.41, 5.74) is 0.249. The fourth-order valence-electron chi connectivity index (χ4n) is 4.48. The summed E-state index contributed by atoms with van der Waals surface area (Å²) in [6.07, 6.45) is -3.95.